The Morgan fingerprint density at radius 3 is 1.44 bits per heavy atom. The van der Waals surface area contributed by atoms with Crippen LogP contribution in [0.3, 0.4) is 0 Å². The zero-order chi connectivity index (χ0) is 41.2. The van der Waals surface area contributed by atoms with E-state index in [9.17, 15) is 0 Å². The van der Waals surface area contributed by atoms with Crippen LogP contribution in [0, 0.1) is 0 Å². The second-order valence-electron chi connectivity index (χ2n) is 15.2. The van der Waals surface area contributed by atoms with E-state index in [1.54, 1.807) is 0 Å². The predicted octanol–water partition coefficient (Wildman–Crippen LogP) is 15.2. The molecule has 62 heavy (non-hydrogen) atoms. The molecule has 11 rings (SSSR count). The lowest BCUT2D eigenvalue weighted by molar-refractivity contribution is 0.669. The average Bonchev–Trinajstić information content (AvgIpc) is 3.74. The molecule has 0 aliphatic carbocycles. The molecule has 0 atom stereocenters. The highest BCUT2D eigenvalue weighted by molar-refractivity contribution is 6.12. The summed E-state index contributed by atoms with van der Waals surface area (Å²) in [6.45, 7) is 0. The zero-order valence-corrected chi connectivity index (χ0v) is 33.6. The van der Waals surface area contributed by atoms with Crippen LogP contribution in [0.5, 0.6) is 0 Å². The van der Waals surface area contributed by atoms with Crippen molar-refractivity contribution < 1.29 is 4.42 Å². The van der Waals surface area contributed by atoms with Crippen molar-refractivity contribution in [3.05, 3.63) is 231 Å². The normalized spacial score (nSPS) is 11.2. The minimum atomic E-state index is 0.586. The first-order chi connectivity index (χ1) is 30.7. The van der Waals surface area contributed by atoms with Gasteiger partial charge in [-0.3, -0.25) is 0 Å². The van der Waals surface area contributed by atoms with Gasteiger partial charge in [-0.05, 0) is 70.3 Å². The molecule has 11 aromatic rings. The van der Waals surface area contributed by atoms with Gasteiger partial charge in [0.1, 0.15) is 11.2 Å². The molecule has 5 heteroatoms. The number of aromatic nitrogens is 3. The molecule has 0 aliphatic heterocycles. The minimum Gasteiger partial charge on any atom is -0.456 e. The molecule has 5 nitrogen and oxygen atoms in total. The molecule has 0 saturated heterocycles. The zero-order valence-electron chi connectivity index (χ0n) is 33.6. The van der Waals surface area contributed by atoms with E-state index >= 15 is 0 Å². The molecule has 0 saturated carbocycles. The van der Waals surface area contributed by atoms with Crippen LogP contribution in [-0.2, 0) is 0 Å². The highest BCUT2D eigenvalue weighted by Crippen LogP contribution is 2.44. The van der Waals surface area contributed by atoms with Gasteiger partial charge in [0.15, 0.2) is 17.5 Å². The van der Waals surface area contributed by atoms with Crippen molar-refractivity contribution in [1.29, 1.82) is 0 Å². The Bertz CT molecular complexity index is 3270. The molecule has 9 aromatic carbocycles. The Balaban J connectivity index is 1.05. The minimum absolute atomic E-state index is 0.586. The van der Waals surface area contributed by atoms with Gasteiger partial charge in [0.2, 0.25) is 0 Å². The topological polar surface area (TPSA) is 55.1 Å². The van der Waals surface area contributed by atoms with Crippen molar-refractivity contribution in [1.82, 2.24) is 15.0 Å². The number of rotatable bonds is 9. The number of hydrogen-bond acceptors (Lipinski definition) is 5. The summed E-state index contributed by atoms with van der Waals surface area (Å²) >= 11 is 0. The maximum Gasteiger partial charge on any atom is 0.164 e. The fourth-order valence-corrected chi connectivity index (χ4v) is 8.34. The van der Waals surface area contributed by atoms with Crippen molar-refractivity contribution in [3.8, 4) is 67.5 Å². The van der Waals surface area contributed by atoms with Gasteiger partial charge >= 0.3 is 0 Å². The average molecular weight is 795 g/mol. The number of nitrogens with zero attached hydrogens (tertiary/aromatic N) is 4. The summed E-state index contributed by atoms with van der Waals surface area (Å²) in [5.74, 6) is 1.82. The molecule has 0 unspecified atom stereocenters. The lowest BCUT2D eigenvalue weighted by atomic mass is 9.98. The van der Waals surface area contributed by atoms with E-state index in [2.05, 4.69) is 163 Å². The molecule has 0 fully saturated rings. The first-order valence-electron chi connectivity index (χ1n) is 20.8. The molecule has 0 N–H and O–H groups in total. The third-order valence-corrected chi connectivity index (χ3v) is 11.3. The second kappa shape index (κ2) is 16.0. The highest BCUT2D eigenvalue weighted by atomic mass is 16.3. The monoisotopic (exact) mass is 794 g/mol. The maximum absolute atomic E-state index is 6.75. The number of para-hydroxylation sites is 1. The quantitative estimate of drug-likeness (QED) is 0.146. The summed E-state index contributed by atoms with van der Waals surface area (Å²) in [4.78, 5) is 17.4. The van der Waals surface area contributed by atoms with E-state index in [0.717, 1.165) is 72.4 Å². The van der Waals surface area contributed by atoms with E-state index in [-0.39, 0.29) is 0 Å². The van der Waals surface area contributed by atoms with Crippen LogP contribution in [0.25, 0.3) is 89.5 Å². The third kappa shape index (κ3) is 6.97. The number of fused-ring (bicyclic) bond motifs is 3. The van der Waals surface area contributed by atoms with Crippen molar-refractivity contribution in [2.45, 2.75) is 0 Å². The van der Waals surface area contributed by atoms with E-state index < -0.39 is 0 Å². The van der Waals surface area contributed by atoms with Gasteiger partial charge in [-0.25, -0.2) is 15.0 Å². The molecule has 2 aromatic heterocycles. The maximum atomic E-state index is 6.75. The van der Waals surface area contributed by atoms with Gasteiger partial charge in [-0.2, -0.15) is 0 Å². The van der Waals surface area contributed by atoms with Gasteiger partial charge in [-0.15, -0.1) is 0 Å². The van der Waals surface area contributed by atoms with Crippen LogP contribution in [-0.4, -0.2) is 15.0 Å². The summed E-state index contributed by atoms with van der Waals surface area (Å²) in [6.07, 6.45) is 0. The van der Waals surface area contributed by atoms with E-state index in [0.29, 0.717) is 17.5 Å². The number of furan rings is 1. The Kier molecular flexibility index (Phi) is 9.45. The summed E-state index contributed by atoms with van der Waals surface area (Å²) in [5.41, 5.74) is 14.3. The van der Waals surface area contributed by atoms with Crippen molar-refractivity contribution in [2.24, 2.45) is 0 Å². The van der Waals surface area contributed by atoms with E-state index in [1.807, 2.05) is 72.8 Å². The van der Waals surface area contributed by atoms with Gasteiger partial charge < -0.3 is 9.32 Å². The van der Waals surface area contributed by atoms with E-state index in [1.165, 1.54) is 16.7 Å². The molecule has 292 valence electrons. The van der Waals surface area contributed by atoms with Crippen LogP contribution in [0.15, 0.2) is 235 Å². The molecular weight excluding hydrogens is 757 g/mol. The highest BCUT2D eigenvalue weighted by Gasteiger charge is 2.21. The molecule has 0 aliphatic rings. The van der Waals surface area contributed by atoms with Gasteiger partial charge in [0.25, 0.3) is 0 Å². The number of anilines is 3. The third-order valence-electron chi connectivity index (χ3n) is 11.3. The molecule has 0 amide bonds. The smallest absolute Gasteiger partial charge is 0.164 e. The van der Waals surface area contributed by atoms with Crippen molar-refractivity contribution in [2.75, 3.05) is 4.90 Å². The first-order valence-corrected chi connectivity index (χ1v) is 20.8. The summed E-state index contributed by atoms with van der Waals surface area (Å²) in [7, 11) is 0. The number of benzene rings is 9. The van der Waals surface area contributed by atoms with Crippen LogP contribution in [0.4, 0.5) is 17.1 Å². The van der Waals surface area contributed by atoms with Crippen molar-refractivity contribution >= 4 is 39.0 Å². The molecule has 0 spiro atoms. The molecular formula is C57H38N4O. The van der Waals surface area contributed by atoms with Gasteiger partial charge in [0, 0.05) is 50.5 Å². The SMILES string of the molecule is c1ccc(-c2cccc(-c3ccc(N(c4ccc5c(c4)oc4cccc(-c6nc(-c7ccccc7)nc(-c7ccccc7)n6)c45)c4ccccc4-c4ccccc4)cc3)c2)cc1. The van der Waals surface area contributed by atoms with Gasteiger partial charge in [-0.1, -0.05) is 182 Å². The summed E-state index contributed by atoms with van der Waals surface area (Å²) in [6, 6.07) is 80.0. The summed E-state index contributed by atoms with van der Waals surface area (Å²) < 4.78 is 6.75. The van der Waals surface area contributed by atoms with Crippen LogP contribution < -0.4 is 4.90 Å². The van der Waals surface area contributed by atoms with Crippen LogP contribution in [0.1, 0.15) is 0 Å². The fourth-order valence-electron chi connectivity index (χ4n) is 8.34. The van der Waals surface area contributed by atoms with E-state index in [4.69, 9.17) is 19.4 Å². The predicted molar refractivity (Wildman–Crippen MR) is 254 cm³/mol. The Morgan fingerprint density at radius 1 is 0.306 bits per heavy atom. The fraction of sp³-hybridized carbons (Fsp3) is 0. The Labute approximate surface area is 359 Å². The Hall–Kier alpha value is -8.41. The van der Waals surface area contributed by atoms with Gasteiger partial charge in [0.05, 0.1) is 5.69 Å². The Morgan fingerprint density at radius 2 is 0.790 bits per heavy atom. The first kappa shape index (κ1) is 36.7. The van der Waals surface area contributed by atoms with Crippen LogP contribution >= 0.6 is 0 Å². The largest absolute Gasteiger partial charge is 0.456 e. The summed E-state index contributed by atoms with van der Waals surface area (Å²) in [5, 5.41) is 1.93. The molecule has 2 heterocycles. The molecule has 0 bridgehead atoms. The molecule has 0 radical (unpaired) electrons. The second-order valence-corrected chi connectivity index (χ2v) is 15.2. The van der Waals surface area contributed by atoms with Crippen molar-refractivity contribution in [3.63, 3.8) is 0 Å². The lowest BCUT2D eigenvalue weighted by Gasteiger charge is -2.28. The standard InChI is InChI=1S/C57H38N4O/c1-5-17-39(18-6-1)44-25-15-26-45(37-44)40-31-33-46(34-32-40)61(51-29-14-13-27-48(51)41-19-7-2-8-20-41)47-35-36-49-53(38-47)62-52-30-16-28-50(54(49)52)57-59-55(42-21-9-3-10-22-42)58-56(60-57)43-23-11-4-12-24-43/h1-38H. The lowest BCUT2D eigenvalue weighted by Crippen LogP contribution is -2.11. The number of hydrogen-bond donors (Lipinski definition) is 0. The van der Waals surface area contributed by atoms with Crippen LogP contribution in [0.2, 0.25) is 0 Å².